The Morgan fingerprint density at radius 2 is 1.91 bits per heavy atom. The number of carbonyl (C=O) groups excluding carboxylic acids is 1. The number of halogens is 2. The van der Waals surface area contributed by atoms with Crippen molar-refractivity contribution in [2.24, 2.45) is 5.92 Å². The van der Waals surface area contributed by atoms with Gasteiger partial charge in [0.2, 0.25) is 15.9 Å². The average molecular weight is 497 g/mol. The fourth-order valence-corrected chi connectivity index (χ4v) is 5.72. The topological polar surface area (TPSA) is 125 Å². The van der Waals surface area contributed by atoms with E-state index in [0.717, 1.165) is 0 Å². The van der Waals surface area contributed by atoms with Crippen LogP contribution in [0.5, 0.6) is 0 Å². The highest BCUT2D eigenvalue weighted by Gasteiger charge is 2.33. The van der Waals surface area contributed by atoms with E-state index >= 15 is 0 Å². The third kappa shape index (κ3) is 4.73. The van der Waals surface area contributed by atoms with E-state index in [4.69, 9.17) is 23.2 Å². The molecule has 0 spiro atoms. The fourth-order valence-electron chi connectivity index (χ4n) is 3.52. The van der Waals surface area contributed by atoms with Crippen LogP contribution in [0.3, 0.4) is 0 Å². The molecule has 12 heteroatoms. The van der Waals surface area contributed by atoms with Crippen molar-refractivity contribution in [3.8, 4) is 11.4 Å². The molecule has 1 aliphatic rings. The molecule has 0 atom stereocenters. The van der Waals surface area contributed by atoms with E-state index in [-0.39, 0.29) is 45.7 Å². The van der Waals surface area contributed by atoms with Gasteiger partial charge in [0.25, 0.3) is 0 Å². The summed E-state index contributed by atoms with van der Waals surface area (Å²) in [4.78, 5) is 26.3. The Kier molecular flexibility index (Phi) is 6.38. The number of H-pyrrole nitrogens is 1. The Morgan fingerprint density at radius 1 is 1.16 bits per heavy atom. The molecule has 2 aromatic carbocycles. The Bertz CT molecular complexity index is 1310. The lowest BCUT2D eigenvalue weighted by molar-refractivity contribution is -0.120. The van der Waals surface area contributed by atoms with E-state index in [0.29, 0.717) is 24.1 Å². The maximum atomic E-state index is 12.9. The van der Waals surface area contributed by atoms with E-state index in [1.165, 1.54) is 22.5 Å². The normalized spacial score (nSPS) is 15.6. The summed E-state index contributed by atoms with van der Waals surface area (Å²) in [6.07, 6.45) is 0.721. The lowest BCUT2D eigenvalue weighted by Gasteiger charge is -2.30. The Morgan fingerprint density at radius 3 is 2.59 bits per heavy atom. The van der Waals surface area contributed by atoms with Crippen molar-refractivity contribution >= 4 is 44.8 Å². The van der Waals surface area contributed by atoms with Gasteiger partial charge < -0.3 is 5.32 Å². The van der Waals surface area contributed by atoms with Crippen LogP contribution < -0.4 is 11.1 Å². The lowest BCUT2D eigenvalue weighted by Crippen LogP contribution is -2.41. The molecule has 3 aromatic rings. The van der Waals surface area contributed by atoms with Gasteiger partial charge in [0.15, 0.2) is 5.82 Å². The molecule has 32 heavy (non-hydrogen) atoms. The minimum Gasteiger partial charge on any atom is -0.326 e. The Labute approximate surface area is 193 Å². The van der Waals surface area contributed by atoms with E-state index < -0.39 is 15.8 Å². The number of hydrogen-bond acceptors (Lipinski definition) is 6. The molecule has 4 rings (SSSR count). The van der Waals surface area contributed by atoms with Crippen molar-refractivity contribution in [1.29, 1.82) is 0 Å². The zero-order valence-corrected chi connectivity index (χ0v) is 18.9. The van der Waals surface area contributed by atoms with Gasteiger partial charge in [-0.25, -0.2) is 13.2 Å². The van der Waals surface area contributed by atoms with Crippen LogP contribution in [0.15, 0.2) is 56.7 Å². The molecule has 0 bridgehead atoms. The summed E-state index contributed by atoms with van der Waals surface area (Å²) in [7, 11) is -3.82. The van der Waals surface area contributed by atoms with E-state index in [2.05, 4.69) is 20.0 Å². The standard InChI is InChI=1S/C20H18Cl2N4O5S/c21-14-4-5-16(22)17(11-14)32(29,30)26-8-6-12(7-9-26)19(27)23-15-3-1-2-13(10-15)18-24-20(28)31-25-18/h1-5,10-12H,6-9H2,(H,23,27)(H,24,25,28). The molecule has 9 nitrogen and oxygen atoms in total. The van der Waals surface area contributed by atoms with Gasteiger partial charge in [-0.05, 0) is 43.2 Å². The molecule has 0 unspecified atom stereocenters. The summed E-state index contributed by atoms with van der Waals surface area (Å²) in [6.45, 7) is 0.368. The van der Waals surface area contributed by atoms with Crippen LogP contribution in [0.4, 0.5) is 5.69 Å². The molecule has 2 N–H and O–H groups in total. The predicted octanol–water partition coefficient (Wildman–Crippen LogP) is 3.38. The molecule has 0 radical (unpaired) electrons. The summed E-state index contributed by atoms with van der Waals surface area (Å²) in [6, 6.07) is 11.1. The van der Waals surface area contributed by atoms with E-state index in [1.807, 2.05) is 0 Å². The summed E-state index contributed by atoms with van der Waals surface area (Å²) in [5.74, 6) is -0.986. The highest BCUT2D eigenvalue weighted by Crippen LogP contribution is 2.30. The highest BCUT2D eigenvalue weighted by molar-refractivity contribution is 7.89. The molecule has 1 aromatic heterocycles. The second-order valence-corrected chi connectivity index (χ2v) is 10.0. The minimum absolute atomic E-state index is 0.0442. The maximum Gasteiger partial charge on any atom is 0.439 e. The number of anilines is 1. The molecule has 1 aliphatic heterocycles. The largest absolute Gasteiger partial charge is 0.439 e. The monoisotopic (exact) mass is 496 g/mol. The first-order valence-electron chi connectivity index (χ1n) is 9.66. The number of sulfonamides is 1. The first kappa shape index (κ1) is 22.5. The summed E-state index contributed by atoms with van der Waals surface area (Å²) < 4.78 is 31.7. The third-order valence-corrected chi connectivity index (χ3v) is 7.79. The Balaban J connectivity index is 1.41. The van der Waals surface area contributed by atoms with Gasteiger partial charge in [0.05, 0.1) is 5.02 Å². The van der Waals surface area contributed by atoms with Crippen molar-refractivity contribution in [1.82, 2.24) is 14.4 Å². The number of piperidine rings is 1. The number of nitrogens with one attached hydrogen (secondary N) is 2. The van der Waals surface area contributed by atoms with Crippen LogP contribution in [0.25, 0.3) is 11.4 Å². The summed E-state index contributed by atoms with van der Waals surface area (Å²) in [5, 5.41) is 6.84. The van der Waals surface area contributed by atoms with Crippen molar-refractivity contribution in [2.75, 3.05) is 18.4 Å². The van der Waals surface area contributed by atoms with Gasteiger partial charge in [-0.15, -0.1) is 0 Å². The minimum atomic E-state index is -3.82. The van der Waals surface area contributed by atoms with Crippen molar-refractivity contribution in [2.45, 2.75) is 17.7 Å². The second-order valence-electron chi connectivity index (χ2n) is 7.27. The zero-order valence-electron chi connectivity index (χ0n) is 16.5. The summed E-state index contributed by atoms with van der Waals surface area (Å²) >= 11 is 12.0. The first-order chi connectivity index (χ1) is 15.2. The highest BCUT2D eigenvalue weighted by atomic mass is 35.5. The molecule has 168 valence electrons. The van der Waals surface area contributed by atoms with E-state index in [1.54, 1.807) is 24.3 Å². The second kappa shape index (κ2) is 9.07. The van der Waals surface area contributed by atoms with Crippen LogP contribution >= 0.6 is 23.2 Å². The molecule has 0 aliphatic carbocycles. The van der Waals surface area contributed by atoms with Crippen molar-refractivity contribution in [3.05, 3.63) is 63.1 Å². The SMILES string of the molecule is O=C(Nc1cccc(-c2noc(=O)[nH]2)c1)C1CCN(S(=O)(=O)c2cc(Cl)ccc2Cl)CC1. The summed E-state index contributed by atoms with van der Waals surface area (Å²) in [5.41, 5.74) is 1.10. The van der Waals surface area contributed by atoms with Gasteiger partial charge in [-0.3, -0.25) is 14.3 Å². The molecular formula is C20H18Cl2N4O5S. The van der Waals surface area contributed by atoms with Gasteiger partial charge in [0.1, 0.15) is 4.90 Å². The van der Waals surface area contributed by atoms with Crippen LogP contribution in [-0.2, 0) is 14.8 Å². The number of hydrogen-bond donors (Lipinski definition) is 2. The molecule has 0 saturated carbocycles. The van der Waals surface area contributed by atoms with Crippen molar-refractivity contribution < 1.29 is 17.7 Å². The number of aromatic amines is 1. The lowest BCUT2D eigenvalue weighted by atomic mass is 9.97. The van der Waals surface area contributed by atoms with Crippen LogP contribution in [-0.4, -0.2) is 41.9 Å². The smallest absolute Gasteiger partial charge is 0.326 e. The number of amides is 1. The van der Waals surface area contributed by atoms with Crippen LogP contribution in [0, 0.1) is 5.92 Å². The third-order valence-electron chi connectivity index (χ3n) is 5.18. The van der Waals surface area contributed by atoms with Gasteiger partial charge in [0, 0.05) is 35.3 Å². The number of carbonyl (C=O) groups is 1. The van der Waals surface area contributed by atoms with Crippen LogP contribution in [0.1, 0.15) is 12.8 Å². The first-order valence-corrected chi connectivity index (χ1v) is 11.9. The molecular weight excluding hydrogens is 479 g/mol. The van der Waals surface area contributed by atoms with Gasteiger partial charge in [-0.2, -0.15) is 4.31 Å². The van der Waals surface area contributed by atoms with Gasteiger partial charge in [-0.1, -0.05) is 40.5 Å². The van der Waals surface area contributed by atoms with Crippen molar-refractivity contribution in [3.63, 3.8) is 0 Å². The number of rotatable bonds is 5. The predicted molar refractivity (Wildman–Crippen MR) is 119 cm³/mol. The molecule has 1 amide bonds. The number of benzene rings is 2. The molecule has 1 saturated heterocycles. The van der Waals surface area contributed by atoms with Crippen LogP contribution in [0.2, 0.25) is 10.0 Å². The quantitative estimate of drug-likeness (QED) is 0.557. The molecule has 2 heterocycles. The Hall–Kier alpha value is -2.66. The average Bonchev–Trinajstić information content (AvgIpc) is 3.22. The fraction of sp³-hybridized carbons (Fsp3) is 0.250. The van der Waals surface area contributed by atoms with E-state index in [9.17, 15) is 18.0 Å². The number of aromatic nitrogens is 2. The number of nitrogens with zero attached hydrogens (tertiary/aromatic N) is 2. The molecule has 1 fully saturated rings. The van der Waals surface area contributed by atoms with Gasteiger partial charge >= 0.3 is 5.76 Å². The zero-order chi connectivity index (χ0) is 22.9. The maximum absolute atomic E-state index is 12.9.